The largest absolute Gasteiger partial charge is 0.362 e. The Balaban J connectivity index is 0.000000123. The number of hydrogen-bond donors (Lipinski definition) is 0. The van der Waals surface area contributed by atoms with E-state index in [2.05, 4.69) is 114 Å². The molecule has 16 rings (SSSR count). The molecule has 0 spiro atoms. The quantitative estimate of drug-likeness (QED) is 0.149. The smallest absolute Gasteiger partial charge is 0.155 e. The summed E-state index contributed by atoms with van der Waals surface area (Å²) in [5.41, 5.74) is 4.77. The molecule has 16 unspecified atom stereocenters. The normalized spacial score (nSPS) is 47.4. The summed E-state index contributed by atoms with van der Waals surface area (Å²) in [6.45, 7) is 32.3. The van der Waals surface area contributed by atoms with Gasteiger partial charge in [-0.15, -0.1) is 25.7 Å². The highest BCUT2D eigenvalue weighted by atomic mass is 16.5. The predicted octanol–water partition coefficient (Wildman–Crippen LogP) is 20.7. The molecule has 568 valence electrons. The van der Waals surface area contributed by atoms with Crippen LogP contribution in [-0.4, -0.2) is 71.5 Å². The Bertz CT molecular complexity index is 3550. The summed E-state index contributed by atoms with van der Waals surface area (Å²) in [6, 6.07) is 0. The molecule has 104 heavy (non-hydrogen) atoms. The van der Waals surface area contributed by atoms with Crippen LogP contribution >= 0.6 is 0 Å². The van der Waals surface area contributed by atoms with Gasteiger partial charge in [-0.2, -0.15) is 0 Å². The molecule has 0 radical (unpaired) electrons. The van der Waals surface area contributed by atoms with Crippen molar-refractivity contribution >= 4 is 23.1 Å². The summed E-state index contributed by atoms with van der Waals surface area (Å²) >= 11 is 0. The molecule has 0 N–H and O–H groups in total. The Morgan fingerprint density at radius 3 is 0.933 bits per heavy atom. The molecule has 0 bridgehead atoms. The van der Waals surface area contributed by atoms with Crippen molar-refractivity contribution in [1.82, 2.24) is 0 Å². The number of terminal acetylenes is 4. The van der Waals surface area contributed by atoms with Crippen LogP contribution in [0.3, 0.4) is 0 Å². The lowest BCUT2D eigenvalue weighted by Gasteiger charge is -2.57. The Morgan fingerprint density at radius 2 is 0.663 bits per heavy atom. The minimum Gasteiger partial charge on any atom is -0.362 e. The third-order valence-electron chi connectivity index (χ3n) is 34.2. The van der Waals surface area contributed by atoms with Crippen LogP contribution in [0.4, 0.5) is 0 Å². The van der Waals surface area contributed by atoms with Crippen LogP contribution in [0.15, 0.2) is 46.6 Å². The van der Waals surface area contributed by atoms with Gasteiger partial charge >= 0.3 is 0 Å². The molecule has 12 saturated carbocycles. The lowest BCUT2D eigenvalue weighted by Crippen LogP contribution is -2.55. The first-order valence-corrected chi connectivity index (χ1v) is 43.1. The summed E-state index contributed by atoms with van der Waals surface area (Å²) in [4.78, 5) is 47.7. The fraction of sp³-hybridized carbons (Fsp3) is 0.792. The second kappa shape index (κ2) is 30.2. The Hall–Kier alpha value is -4.28. The number of carbonyl (C=O) groups excluding carboxylic acids is 4. The van der Waals surface area contributed by atoms with Crippen LogP contribution in [0, 0.1) is 189 Å². The highest BCUT2D eigenvalue weighted by Crippen LogP contribution is 2.72. The second-order valence-electron chi connectivity index (χ2n) is 39.0. The van der Waals surface area contributed by atoms with Crippen LogP contribution in [0.25, 0.3) is 0 Å². The summed E-state index contributed by atoms with van der Waals surface area (Å²) in [5.74, 6) is 27.8. The average Bonchev–Trinajstić information content (AvgIpc) is 1.50. The van der Waals surface area contributed by atoms with Gasteiger partial charge < -0.3 is 18.9 Å². The number of carbonyl (C=O) groups is 4. The highest BCUT2D eigenvalue weighted by Gasteiger charge is 2.69. The van der Waals surface area contributed by atoms with Crippen LogP contribution in [0.2, 0.25) is 0 Å². The first-order chi connectivity index (χ1) is 49.7. The fourth-order valence-corrected chi connectivity index (χ4v) is 29.7. The minimum absolute atomic E-state index is 0.0904. The number of rotatable bonds is 11. The van der Waals surface area contributed by atoms with Gasteiger partial charge in [0.05, 0.1) is 6.10 Å². The van der Waals surface area contributed by atoms with Crippen molar-refractivity contribution in [2.75, 3.05) is 19.8 Å². The molecule has 28 atom stereocenters. The van der Waals surface area contributed by atoms with E-state index in [4.69, 9.17) is 44.6 Å². The minimum atomic E-state index is -0.394. The fourth-order valence-electron chi connectivity index (χ4n) is 29.7. The van der Waals surface area contributed by atoms with Gasteiger partial charge in [-0.1, -0.05) is 122 Å². The maximum Gasteiger partial charge on any atom is 0.155 e. The first-order valence-electron chi connectivity index (χ1n) is 43.1. The molecule has 0 aliphatic heterocycles. The standard InChI is InChI=1S/C25H36O2.2C24H34O2.C23H32O2/c1-5-7-14-27-25(6-2)13-11-22-23-17(3)15-18-16-19(26)8-9-20(18)21(23)10-12-24(22,25)4;1-6-24(26-15(2)3)12-10-21-22-16(4)13-17-14-18(25)7-8-19(17)20(22)9-11-23(21,24)5;1-5-13-26-24(6-2)12-10-21-22-16(3)14-17-15-18(25)7-8-19(17)20(22)9-11-23(21,24)4;1-5-23(25-6-2)12-10-20-21-15(3)13-16-14-17(24)7-8-18(16)19(21)9-11-22(20,23)4/h2,16-17,20-23H,5,7-15H2,1,3-4H3;1,14-16,19-22H,7-13H2,2-5H3;2,15-16,19-22H,5,7-14H2,1,3-4H3;1,14-15,18-21H,6-13H2,2-4H3/t17-,20?,21?,22?,23?,24+,25+;2*16-,19?,20?,21?,22?,23+,24+;15-,18?,19?,20?,21?,22+,23+/m1111/s1. The zero-order valence-electron chi connectivity index (χ0n) is 67.1. The van der Waals surface area contributed by atoms with Crippen molar-refractivity contribution in [3.05, 3.63) is 46.6 Å². The van der Waals surface area contributed by atoms with Crippen molar-refractivity contribution in [2.45, 2.75) is 318 Å². The Kier molecular flexibility index (Phi) is 22.6. The van der Waals surface area contributed by atoms with Crippen molar-refractivity contribution in [1.29, 1.82) is 0 Å². The Labute approximate surface area is 631 Å². The van der Waals surface area contributed by atoms with Gasteiger partial charge in [0.1, 0.15) is 22.4 Å². The highest BCUT2D eigenvalue weighted by molar-refractivity contribution is 5.93. The zero-order valence-corrected chi connectivity index (χ0v) is 67.1. The van der Waals surface area contributed by atoms with E-state index in [1.165, 1.54) is 99.3 Å². The third-order valence-corrected chi connectivity index (χ3v) is 34.2. The number of allylic oxidation sites excluding steroid dienone is 4. The molecular formula is C96H136O8. The van der Waals surface area contributed by atoms with Crippen LogP contribution < -0.4 is 0 Å². The second-order valence-corrected chi connectivity index (χ2v) is 39.0. The van der Waals surface area contributed by atoms with Crippen LogP contribution in [-0.2, 0) is 38.1 Å². The van der Waals surface area contributed by atoms with Gasteiger partial charge in [0.15, 0.2) is 23.1 Å². The lowest BCUT2D eigenvalue weighted by molar-refractivity contribution is -0.145. The molecule has 0 amide bonds. The summed E-state index contributed by atoms with van der Waals surface area (Å²) in [7, 11) is 0. The number of fused-ring (bicyclic) bond motifs is 20. The lowest BCUT2D eigenvalue weighted by atomic mass is 9.48. The van der Waals surface area contributed by atoms with E-state index in [0.29, 0.717) is 101 Å². The molecule has 16 aliphatic carbocycles. The van der Waals surface area contributed by atoms with Crippen molar-refractivity contribution in [2.24, 2.45) is 140 Å². The number of ketones is 4. The van der Waals surface area contributed by atoms with Gasteiger partial charge in [-0.25, -0.2) is 0 Å². The van der Waals surface area contributed by atoms with E-state index in [9.17, 15) is 19.2 Å². The molecule has 16 aliphatic rings. The molecule has 8 heteroatoms. The van der Waals surface area contributed by atoms with Crippen LogP contribution in [0.1, 0.15) is 289 Å². The van der Waals surface area contributed by atoms with Gasteiger partial charge in [0, 0.05) is 67.2 Å². The molecule has 0 aromatic carbocycles. The van der Waals surface area contributed by atoms with E-state index in [0.717, 1.165) is 183 Å². The van der Waals surface area contributed by atoms with Crippen molar-refractivity contribution in [3.63, 3.8) is 0 Å². The molecular weight excluding hydrogens is 1280 g/mol. The SMILES string of the molecule is C#C[C@]1(OC(C)C)CCC2C3C(CC[C@@]21C)C1CCC(=O)C=C1C[C@H]3C.C#C[C@]1(OCC)CCC2C3C(CC[C@@]21C)C1CCC(=O)C=C1C[C@H]3C.C#C[C@]1(OCCC)CCC2C3C(CC[C@@]21C)C1CCC(=O)C=C1C[C@H]3C.C#C[C@]1(OCCCC)CCC2C3C(CC[C@@]21C)C1CCC(=O)C=C1C[C@H]3C. The molecule has 0 saturated heterocycles. The summed E-state index contributed by atoms with van der Waals surface area (Å²) < 4.78 is 25.6. The molecule has 12 fully saturated rings. The van der Waals surface area contributed by atoms with Gasteiger partial charge in [-0.3, -0.25) is 19.2 Å². The van der Waals surface area contributed by atoms with E-state index in [-0.39, 0.29) is 44.6 Å². The number of unbranched alkanes of at least 4 members (excludes halogenated alkanes) is 1. The summed E-state index contributed by atoms with van der Waals surface area (Å²) in [6.07, 6.45) is 66.2. The van der Waals surface area contributed by atoms with E-state index >= 15 is 0 Å². The van der Waals surface area contributed by atoms with Crippen molar-refractivity contribution in [3.8, 4) is 49.4 Å². The first kappa shape index (κ1) is 77.9. The predicted molar refractivity (Wildman–Crippen MR) is 418 cm³/mol. The molecule has 8 nitrogen and oxygen atoms in total. The van der Waals surface area contributed by atoms with E-state index in [1.807, 2.05) is 24.3 Å². The number of ether oxygens (including phenoxy) is 4. The third kappa shape index (κ3) is 12.8. The average molecular weight is 1420 g/mol. The molecule has 0 aromatic heterocycles. The monoisotopic (exact) mass is 1420 g/mol. The van der Waals surface area contributed by atoms with E-state index in [1.54, 1.807) is 0 Å². The topological polar surface area (TPSA) is 105 Å². The van der Waals surface area contributed by atoms with Crippen LogP contribution in [0.5, 0.6) is 0 Å². The van der Waals surface area contributed by atoms with Gasteiger partial charge in [-0.05, 0) is 330 Å². The summed E-state index contributed by atoms with van der Waals surface area (Å²) in [5, 5.41) is 0. The zero-order chi connectivity index (χ0) is 74.3. The molecule has 0 heterocycles. The molecule has 0 aromatic rings. The number of hydrogen-bond acceptors (Lipinski definition) is 8. The Morgan fingerprint density at radius 1 is 0.385 bits per heavy atom. The maximum atomic E-state index is 12.0. The van der Waals surface area contributed by atoms with E-state index < -0.39 is 5.60 Å². The van der Waals surface area contributed by atoms with Crippen molar-refractivity contribution < 1.29 is 38.1 Å². The maximum absolute atomic E-state index is 12.0. The van der Waals surface area contributed by atoms with Gasteiger partial charge in [0.25, 0.3) is 0 Å². The van der Waals surface area contributed by atoms with Gasteiger partial charge in [0.2, 0.25) is 0 Å².